The summed E-state index contributed by atoms with van der Waals surface area (Å²) in [4.78, 5) is 24.2. The van der Waals surface area contributed by atoms with E-state index in [4.69, 9.17) is 10.8 Å². The van der Waals surface area contributed by atoms with E-state index in [-0.39, 0.29) is 11.8 Å². The van der Waals surface area contributed by atoms with Crippen molar-refractivity contribution in [3.8, 4) is 0 Å². The molecule has 5 nitrogen and oxygen atoms in total. The third kappa shape index (κ3) is 1.97. The van der Waals surface area contributed by atoms with Crippen LogP contribution in [-0.4, -0.2) is 41.5 Å². The Balaban J connectivity index is 1.86. The van der Waals surface area contributed by atoms with Crippen molar-refractivity contribution in [2.24, 2.45) is 23.5 Å². The van der Waals surface area contributed by atoms with Gasteiger partial charge in [0.15, 0.2) is 0 Å². The molecule has 0 aromatic heterocycles. The van der Waals surface area contributed by atoms with Crippen LogP contribution in [0.1, 0.15) is 12.8 Å². The number of aliphatic carboxylic acids is 1. The number of hydrogen-bond donors (Lipinski definition) is 2. The number of carbonyl (C=O) groups excluding carboxylic acids is 1. The van der Waals surface area contributed by atoms with Gasteiger partial charge in [0, 0.05) is 13.1 Å². The number of nitrogens with zero attached hydrogens (tertiary/aromatic N) is 1. The summed E-state index contributed by atoms with van der Waals surface area (Å²) in [5, 5.41) is 8.72. The Hall–Kier alpha value is -1.10. The standard InChI is InChI=1S/C10H16N2O3/c11-4-6-1-2-12(5-6)9(13)7-3-8(7)10(14)15/h6-8H,1-5,11H2,(H,14,15). The normalized spacial score (nSPS) is 34.2. The van der Waals surface area contributed by atoms with E-state index in [1.54, 1.807) is 4.90 Å². The predicted octanol–water partition coefficient (Wildman–Crippen LogP) is -0.486. The average molecular weight is 212 g/mol. The molecule has 1 saturated carbocycles. The van der Waals surface area contributed by atoms with E-state index >= 15 is 0 Å². The van der Waals surface area contributed by atoms with Crippen molar-refractivity contribution in [3.63, 3.8) is 0 Å². The summed E-state index contributed by atoms with van der Waals surface area (Å²) in [6, 6.07) is 0. The number of likely N-dealkylation sites (tertiary alicyclic amines) is 1. The molecule has 2 fully saturated rings. The highest BCUT2D eigenvalue weighted by atomic mass is 16.4. The van der Waals surface area contributed by atoms with Crippen LogP contribution in [0.3, 0.4) is 0 Å². The lowest BCUT2D eigenvalue weighted by Gasteiger charge is -2.15. The minimum Gasteiger partial charge on any atom is -0.481 e. The first-order valence-electron chi connectivity index (χ1n) is 5.35. The molecule has 3 unspecified atom stereocenters. The van der Waals surface area contributed by atoms with Crippen LogP contribution in [0.15, 0.2) is 0 Å². The van der Waals surface area contributed by atoms with Gasteiger partial charge in [0.1, 0.15) is 0 Å². The molecule has 2 aliphatic rings. The summed E-state index contributed by atoms with van der Waals surface area (Å²) in [5.74, 6) is -1.13. The fourth-order valence-corrected chi connectivity index (χ4v) is 2.20. The van der Waals surface area contributed by atoms with Crippen LogP contribution in [0.2, 0.25) is 0 Å². The van der Waals surface area contributed by atoms with Crippen molar-refractivity contribution in [1.82, 2.24) is 4.90 Å². The molecule has 5 heteroatoms. The van der Waals surface area contributed by atoms with Crippen molar-refractivity contribution < 1.29 is 14.7 Å². The Morgan fingerprint density at radius 3 is 2.60 bits per heavy atom. The largest absolute Gasteiger partial charge is 0.481 e. The molecule has 15 heavy (non-hydrogen) atoms. The molecular weight excluding hydrogens is 196 g/mol. The second-order valence-corrected chi connectivity index (χ2v) is 4.46. The van der Waals surface area contributed by atoms with E-state index in [1.807, 2.05) is 0 Å². The first kappa shape index (κ1) is 10.4. The molecule has 2 rings (SSSR count). The molecule has 0 spiro atoms. The summed E-state index contributed by atoms with van der Waals surface area (Å²) in [7, 11) is 0. The fraction of sp³-hybridized carbons (Fsp3) is 0.800. The summed E-state index contributed by atoms with van der Waals surface area (Å²) >= 11 is 0. The van der Waals surface area contributed by atoms with Crippen LogP contribution >= 0.6 is 0 Å². The molecule has 1 aliphatic carbocycles. The molecule has 0 radical (unpaired) electrons. The smallest absolute Gasteiger partial charge is 0.307 e. The van der Waals surface area contributed by atoms with E-state index in [9.17, 15) is 9.59 Å². The second kappa shape index (κ2) is 3.81. The van der Waals surface area contributed by atoms with Crippen LogP contribution < -0.4 is 5.73 Å². The van der Waals surface area contributed by atoms with Crippen molar-refractivity contribution in [2.75, 3.05) is 19.6 Å². The van der Waals surface area contributed by atoms with E-state index < -0.39 is 11.9 Å². The van der Waals surface area contributed by atoms with Crippen molar-refractivity contribution in [1.29, 1.82) is 0 Å². The molecule has 0 aromatic carbocycles. The Labute approximate surface area is 88.2 Å². The molecule has 1 aliphatic heterocycles. The second-order valence-electron chi connectivity index (χ2n) is 4.46. The first-order chi connectivity index (χ1) is 7.13. The van der Waals surface area contributed by atoms with Gasteiger partial charge in [-0.1, -0.05) is 0 Å². The van der Waals surface area contributed by atoms with Crippen LogP contribution in [0.5, 0.6) is 0 Å². The molecule has 0 aromatic rings. The maximum Gasteiger partial charge on any atom is 0.307 e. The number of hydrogen-bond acceptors (Lipinski definition) is 3. The first-order valence-corrected chi connectivity index (χ1v) is 5.35. The lowest BCUT2D eigenvalue weighted by Crippen LogP contribution is -2.32. The average Bonchev–Trinajstić information content (AvgIpc) is 2.88. The molecule has 84 valence electrons. The quantitative estimate of drug-likeness (QED) is 0.661. The zero-order chi connectivity index (χ0) is 11.0. The summed E-state index contributed by atoms with van der Waals surface area (Å²) in [6.07, 6.45) is 1.46. The van der Waals surface area contributed by atoms with Gasteiger partial charge in [-0.3, -0.25) is 9.59 Å². The van der Waals surface area contributed by atoms with Crippen LogP contribution in [0.4, 0.5) is 0 Å². The molecular formula is C10H16N2O3. The minimum absolute atomic E-state index is 0.0124. The van der Waals surface area contributed by atoms with Crippen LogP contribution in [0, 0.1) is 17.8 Å². The highest BCUT2D eigenvalue weighted by Crippen LogP contribution is 2.40. The molecule has 1 amide bonds. The highest BCUT2D eigenvalue weighted by Gasteiger charge is 2.50. The number of carboxylic acids is 1. The summed E-state index contributed by atoms with van der Waals surface area (Å²) < 4.78 is 0. The third-order valence-corrected chi connectivity index (χ3v) is 3.36. The Morgan fingerprint density at radius 2 is 2.13 bits per heavy atom. The zero-order valence-corrected chi connectivity index (χ0v) is 8.56. The van der Waals surface area contributed by atoms with Gasteiger partial charge in [0.2, 0.25) is 5.91 Å². The van der Waals surface area contributed by atoms with Crippen molar-refractivity contribution in [2.45, 2.75) is 12.8 Å². The Bertz CT molecular complexity index is 292. The maximum absolute atomic E-state index is 11.8. The summed E-state index contributed by atoms with van der Waals surface area (Å²) in [5.41, 5.74) is 5.53. The van der Waals surface area contributed by atoms with Gasteiger partial charge in [-0.05, 0) is 25.3 Å². The van der Waals surface area contributed by atoms with Crippen LogP contribution in [-0.2, 0) is 9.59 Å². The number of rotatable bonds is 3. The van der Waals surface area contributed by atoms with Gasteiger partial charge in [-0.25, -0.2) is 0 Å². The number of amides is 1. The van der Waals surface area contributed by atoms with Gasteiger partial charge in [-0.15, -0.1) is 0 Å². The van der Waals surface area contributed by atoms with E-state index in [0.717, 1.165) is 13.0 Å². The maximum atomic E-state index is 11.8. The summed E-state index contributed by atoms with van der Waals surface area (Å²) in [6.45, 7) is 2.05. The van der Waals surface area contributed by atoms with Gasteiger partial charge in [0.25, 0.3) is 0 Å². The van der Waals surface area contributed by atoms with Gasteiger partial charge < -0.3 is 15.7 Å². The zero-order valence-electron chi connectivity index (χ0n) is 8.56. The van der Waals surface area contributed by atoms with Gasteiger partial charge in [-0.2, -0.15) is 0 Å². The van der Waals surface area contributed by atoms with E-state index in [2.05, 4.69) is 0 Å². The third-order valence-electron chi connectivity index (χ3n) is 3.36. The molecule has 0 bridgehead atoms. The van der Waals surface area contributed by atoms with Gasteiger partial charge in [0.05, 0.1) is 11.8 Å². The molecule has 3 N–H and O–H groups in total. The van der Waals surface area contributed by atoms with Crippen molar-refractivity contribution >= 4 is 11.9 Å². The Kier molecular flexibility index (Phi) is 2.65. The SMILES string of the molecule is NCC1CCN(C(=O)C2CC2C(=O)O)C1. The monoisotopic (exact) mass is 212 g/mol. The predicted molar refractivity (Wildman–Crippen MR) is 53.0 cm³/mol. The topological polar surface area (TPSA) is 83.6 Å². The van der Waals surface area contributed by atoms with Gasteiger partial charge >= 0.3 is 5.97 Å². The number of nitrogens with two attached hydrogens (primary N) is 1. The lowest BCUT2D eigenvalue weighted by atomic mass is 10.1. The van der Waals surface area contributed by atoms with E-state index in [0.29, 0.717) is 25.4 Å². The molecule has 3 atom stereocenters. The Morgan fingerprint density at radius 1 is 1.40 bits per heavy atom. The fourth-order valence-electron chi connectivity index (χ4n) is 2.20. The lowest BCUT2D eigenvalue weighted by molar-refractivity contribution is -0.141. The highest BCUT2D eigenvalue weighted by molar-refractivity contribution is 5.89. The molecule has 1 heterocycles. The minimum atomic E-state index is -0.845. The number of carboxylic acid groups (broad SMARTS) is 1. The van der Waals surface area contributed by atoms with Crippen molar-refractivity contribution in [3.05, 3.63) is 0 Å². The molecule has 1 saturated heterocycles. The number of carbonyl (C=O) groups is 2. The van der Waals surface area contributed by atoms with Crippen LogP contribution in [0.25, 0.3) is 0 Å². The van der Waals surface area contributed by atoms with E-state index in [1.165, 1.54) is 0 Å².